The molecule has 124 valence electrons. The van der Waals surface area contributed by atoms with Gasteiger partial charge in [0.1, 0.15) is 0 Å². The molecular formula is C21H17NO3. The van der Waals surface area contributed by atoms with E-state index in [9.17, 15) is 4.79 Å². The predicted octanol–water partition coefficient (Wildman–Crippen LogP) is 4.48. The normalized spacial score (nSPS) is 10.6. The average Bonchev–Trinajstić information content (AvgIpc) is 2.68. The zero-order valence-corrected chi connectivity index (χ0v) is 13.8. The maximum Gasteiger partial charge on any atom is 0.343 e. The van der Waals surface area contributed by atoms with Crippen LogP contribution in [0.25, 0.3) is 12.2 Å². The minimum atomic E-state index is -0.421. The number of hydrogen-bond acceptors (Lipinski definition) is 4. The summed E-state index contributed by atoms with van der Waals surface area (Å²) < 4.78 is 10.8. The van der Waals surface area contributed by atoms with E-state index in [2.05, 4.69) is 4.98 Å². The average molecular weight is 331 g/mol. The fraction of sp³-hybridized carbons (Fsp3) is 0.0476. The van der Waals surface area contributed by atoms with Crippen LogP contribution in [0, 0.1) is 0 Å². The van der Waals surface area contributed by atoms with Crippen LogP contribution in [0.15, 0.2) is 72.9 Å². The largest absolute Gasteiger partial charge is 0.493 e. The third kappa shape index (κ3) is 4.32. The lowest BCUT2D eigenvalue weighted by Gasteiger charge is -2.10. The quantitative estimate of drug-likeness (QED) is 0.511. The summed E-state index contributed by atoms with van der Waals surface area (Å²) in [6, 6.07) is 20.0. The summed E-state index contributed by atoms with van der Waals surface area (Å²) in [5, 5.41) is 0. The van der Waals surface area contributed by atoms with Crippen LogP contribution in [0.1, 0.15) is 21.6 Å². The van der Waals surface area contributed by atoms with Crippen LogP contribution in [0.4, 0.5) is 0 Å². The molecule has 0 fully saturated rings. The van der Waals surface area contributed by atoms with Crippen molar-refractivity contribution in [2.45, 2.75) is 0 Å². The third-order valence-corrected chi connectivity index (χ3v) is 3.53. The van der Waals surface area contributed by atoms with Crippen LogP contribution in [0.5, 0.6) is 11.5 Å². The van der Waals surface area contributed by atoms with Crippen LogP contribution >= 0.6 is 0 Å². The standard InChI is InChI=1S/C21H17NO3/c1-24-20-15-16(10-12-18-9-5-6-14-22-18)11-13-19(20)25-21(23)17-7-3-2-4-8-17/h2-15H,1H3/b12-10+. The van der Waals surface area contributed by atoms with Gasteiger partial charge in [0.2, 0.25) is 0 Å². The second-order valence-electron chi connectivity index (χ2n) is 5.25. The van der Waals surface area contributed by atoms with Gasteiger partial charge in [0, 0.05) is 6.20 Å². The van der Waals surface area contributed by atoms with Crippen LogP contribution in [0.3, 0.4) is 0 Å². The Labute approximate surface area is 146 Å². The summed E-state index contributed by atoms with van der Waals surface area (Å²) >= 11 is 0. The Hall–Kier alpha value is -3.40. The van der Waals surface area contributed by atoms with Gasteiger partial charge in [-0.05, 0) is 48.0 Å². The molecule has 1 aromatic heterocycles. The fourth-order valence-electron chi connectivity index (χ4n) is 2.26. The molecule has 0 saturated heterocycles. The number of methoxy groups -OCH3 is 1. The summed E-state index contributed by atoms with van der Waals surface area (Å²) in [5.74, 6) is 0.453. The maximum atomic E-state index is 12.2. The number of pyridine rings is 1. The van der Waals surface area contributed by atoms with Gasteiger partial charge in [-0.1, -0.05) is 36.4 Å². The number of rotatable bonds is 5. The molecule has 0 saturated carbocycles. The zero-order chi connectivity index (χ0) is 17.5. The molecule has 0 amide bonds. The van der Waals surface area contributed by atoms with Crippen molar-refractivity contribution in [1.82, 2.24) is 4.98 Å². The van der Waals surface area contributed by atoms with E-state index in [4.69, 9.17) is 9.47 Å². The first-order valence-corrected chi connectivity index (χ1v) is 7.80. The number of nitrogens with zero attached hydrogens (tertiary/aromatic N) is 1. The fourth-order valence-corrected chi connectivity index (χ4v) is 2.26. The lowest BCUT2D eigenvalue weighted by molar-refractivity contribution is 0.0729. The van der Waals surface area contributed by atoms with E-state index in [1.54, 1.807) is 43.6 Å². The van der Waals surface area contributed by atoms with Crippen LogP contribution < -0.4 is 9.47 Å². The molecule has 1 heterocycles. The van der Waals surface area contributed by atoms with Crippen molar-refractivity contribution in [1.29, 1.82) is 0 Å². The molecule has 25 heavy (non-hydrogen) atoms. The minimum absolute atomic E-state index is 0.381. The lowest BCUT2D eigenvalue weighted by atomic mass is 10.1. The maximum absolute atomic E-state index is 12.2. The van der Waals surface area contributed by atoms with Gasteiger partial charge in [-0.3, -0.25) is 4.98 Å². The zero-order valence-electron chi connectivity index (χ0n) is 13.8. The molecule has 0 bridgehead atoms. The Morgan fingerprint density at radius 2 is 1.72 bits per heavy atom. The van der Waals surface area contributed by atoms with Gasteiger partial charge >= 0.3 is 5.97 Å². The van der Waals surface area contributed by atoms with Gasteiger partial charge < -0.3 is 9.47 Å². The number of carbonyl (C=O) groups is 1. The van der Waals surface area contributed by atoms with Crippen molar-refractivity contribution < 1.29 is 14.3 Å². The molecule has 3 aromatic rings. The highest BCUT2D eigenvalue weighted by atomic mass is 16.6. The van der Waals surface area contributed by atoms with Crippen molar-refractivity contribution in [2.75, 3.05) is 7.11 Å². The van der Waals surface area contributed by atoms with Crippen LogP contribution in [0.2, 0.25) is 0 Å². The number of benzene rings is 2. The van der Waals surface area contributed by atoms with Gasteiger partial charge in [-0.2, -0.15) is 0 Å². The van der Waals surface area contributed by atoms with E-state index >= 15 is 0 Å². The Balaban J connectivity index is 1.78. The van der Waals surface area contributed by atoms with Crippen LogP contribution in [-0.4, -0.2) is 18.1 Å². The van der Waals surface area contributed by atoms with Gasteiger partial charge in [-0.15, -0.1) is 0 Å². The number of hydrogen-bond donors (Lipinski definition) is 0. The summed E-state index contributed by atoms with van der Waals surface area (Å²) in [6.45, 7) is 0. The van der Waals surface area contributed by atoms with Gasteiger partial charge in [0.15, 0.2) is 11.5 Å². The highest BCUT2D eigenvalue weighted by molar-refractivity contribution is 5.91. The molecule has 0 unspecified atom stereocenters. The summed E-state index contributed by atoms with van der Waals surface area (Å²) in [5.41, 5.74) is 2.27. The summed E-state index contributed by atoms with van der Waals surface area (Å²) in [7, 11) is 1.54. The first-order chi connectivity index (χ1) is 12.3. The minimum Gasteiger partial charge on any atom is -0.493 e. The Bertz CT molecular complexity index is 874. The van der Waals surface area contributed by atoms with E-state index in [0.29, 0.717) is 17.1 Å². The molecule has 0 radical (unpaired) electrons. The number of carbonyl (C=O) groups excluding carboxylic acids is 1. The first kappa shape index (κ1) is 16.5. The molecule has 4 heteroatoms. The molecule has 0 aliphatic heterocycles. The molecule has 0 N–H and O–H groups in total. The highest BCUT2D eigenvalue weighted by Crippen LogP contribution is 2.29. The van der Waals surface area contributed by atoms with Crippen molar-refractivity contribution in [3.8, 4) is 11.5 Å². The van der Waals surface area contributed by atoms with E-state index < -0.39 is 5.97 Å². The van der Waals surface area contributed by atoms with Crippen molar-refractivity contribution >= 4 is 18.1 Å². The van der Waals surface area contributed by atoms with Crippen LogP contribution in [-0.2, 0) is 0 Å². The Kier molecular flexibility index (Phi) is 5.22. The highest BCUT2D eigenvalue weighted by Gasteiger charge is 2.12. The molecular weight excluding hydrogens is 314 g/mol. The number of esters is 1. The molecule has 0 spiro atoms. The SMILES string of the molecule is COc1cc(/C=C/c2ccccn2)ccc1OC(=O)c1ccccc1. The smallest absolute Gasteiger partial charge is 0.343 e. The number of aromatic nitrogens is 1. The predicted molar refractivity (Wildman–Crippen MR) is 97.6 cm³/mol. The van der Waals surface area contributed by atoms with E-state index in [-0.39, 0.29) is 0 Å². The lowest BCUT2D eigenvalue weighted by Crippen LogP contribution is -2.09. The second kappa shape index (κ2) is 7.93. The summed E-state index contributed by atoms with van der Waals surface area (Å²) in [6.07, 6.45) is 5.57. The molecule has 0 aliphatic carbocycles. The molecule has 2 aromatic carbocycles. The second-order valence-corrected chi connectivity index (χ2v) is 5.25. The van der Waals surface area contributed by atoms with E-state index in [1.807, 2.05) is 48.6 Å². The summed E-state index contributed by atoms with van der Waals surface area (Å²) in [4.78, 5) is 16.4. The topological polar surface area (TPSA) is 48.4 Å². The van der Waals surface area contributed by atoms with Crippen molar-refractivity contribution in [3.05, 3.63) is 89.7 Å². The first-order valence-electron chi connectivity index (χ1n) is 7.80. The Morgan fingerprint density at radius 1 is 0.920 bits per heavy atom. The monoisotopic (exact) mass is 331 g/mol. The van der Waals surface area contributed by atoms with Crippen molar-refractivity contribution in [2.24, 2.45) is 0 Å². The molecule has 0 aliphatic rings. The molecule has 0 atom stereocenters. The Morgan fingerprint density at radius 3 is 2.44 bits per heavy atom. The van der Waals surface area contributed by atoms with Gasteiger partial charge in [-0.25, -0.2) is 4.79 Å². The van der Waals surface area contributed by atoms with Gasteiger partial charge in [0.25, 0.3) is 0 Å². The number of ether oxygens (including phenoxy) is 2. The molecule has 3 rings (SSSR count). The van der Waals surface area contributed by atoms with Gasteiger partial charge in [0.05, 0.1) is 18.4 Å². The third-order valence-electron chi connectivity index (χ3n) is 3.53. The van der Waals surface area contributed by atoms with E-state index in [0.717, 1.165) is 11.3 Å². The molecule has 4 nitrogen and oxygen atoms in total. The van der Waals surface area contributed by atoms with Crippen molar-refractivity contribution in [3.63, 3.8) is 0 Å². The van der Waals surface area contributed by atoms with E-state index in [1.165, 1.54) is 0 Å².